The molecule has 1 unspecified atom stereocenters. The highest BCUT2D eigenvalue weighted by Crippen LogP contribution is 2.48. The number of hydrogen-bond acceptors (Lipinski definition) is 7. The highest BCUT2D eigenvalue weighted by atomic mass is 32.1. The van der Waals surface area contributed by atoms with Gasteiger partial charge in [0.25, 0.3) is 0 Å². The second kappa shape index (κ2) is 8.90. The van der Waals surface area contributed by atoms with Gasteiger partial charge in [-0.3, -0.25) is 5.32 Å². The van der Waals surface area contributed by atoms with E-state index >= 15 is 0 Å². The molecule has 1 aliphatic carbocycles. The van der Waals surface area contributed by atoms with E-state index in [-0.39, 0.29) is 5.92 Å². The molecule has 174 valence electrons. The zero-order chi connectivity index (χ0) is 23.8. The topological polar surface area (TPSA) is 94.0 Å². The summed E-state index contributed by atoms with van der Waals surface area (Å²) in [6.45, 7) is 7.15. The van der Waals surface area contributed by atoms with Gasteiger partial charge in [0.2, 0.25) is 0 Å². The first-order chi connectivity index (χ1) is 16.5. The first kappa shape index (κ1) is 22.1. The number of carbonyl (C=O) groups excluding carboxylic acids is 1. The molecule has 0 spiro atoms. The van der Waals surface area contributed by atoms with Crippen molar-refractivity contribution in [3.63, 3.8) is 0 Å². The van der Waals surface area contributed by atoms with Gasteiger partial charge in [0.15, 0.2) is 5.13 Å². The summed E-state index contributed by atoms with van der Waals surface area (Å²) in [7, 11) is 1.35. The lowest BCUT2D eigenvalue weighted by molar-refractivity contribution is 0.187. The molecule has 0 saturated carbocycles. The minimum atomic E-state index is -0.528. The molecule has 1 amide bonds. The van der Waals surface area contributed by atoms with Crippen LogP contribution in [0.15, 0.2) is 42.6 Å². The number of carbonyl (C=O) groups is 1. The van der Waals surface area contributed by atoms with Crippen molar-refractivity contribution in [1.29, 1.82) is 0 Å². The summed E-state index contributed by atoms with van der Waals surface area (Å²) in [5.41, 5.74) is 7.17. The molecular formula is C25H26N6O2S. The van der Waals surface area contributed by atoms with Crippen LogP contribution in [0.2, 0.25) is 0 Å². The number of amides is 1. The van der Waals surface area contributed by atoms with Crippen molar-refractivity contribution in [2.45, 2.75) is 33.1 Å². The zero-order valence-corrected chi connectivity index (χ0v) is 20.4. The highest BCUT2D eigenvalue weighted by molar-refractivity contribution is 7.19. The van der Waals surface area contributed by atoms with Gasteiger partial charge in [0, 0.05) is 23.9 Å². The number of aromatic nitrogens is 4. The van der Waals surface area contributed by atoms with Crippen molar-refractivity contribution in [2.75, 3.05) is 24.3 Å². The van der Waals surface area contributed by atoms with Crippen LogP contribution < -0.4 is 10.6 Å². The summed E-state index contributed by atoms with van der Waals surface area (Å²) in [5.74, 6) is 1.03. The van der Waals surface area contributed by atoms with Crippen LogP contribution >= 0.6 is 11.3 Å². The Morgan fingerprint density at radius 2 is 2.09 bits per heavy atom. The predicted octanol–water partition coefficient (Wildman–Crippen LogP) is 5.64. The van der Waals surface area contributed by atoms with Crippen molar-refractivity contribution in [1.82, 2.24) is 19.7 Å². The molecule has 0 saturated heterocycles. The number of pyridine rings is 1. The molecule has 0 radical (unpaired) electrons. The van der Waals surface area contributed by atoms with Gasteiger partial charge in [0.05, 0.1) is 34.8 Å². The quantitative estimate of drug-likeness (QED) is 0.389. The molecule has 5 rings (SSSR count). The van der Waals surface area contributed by atoms with E-state index in [0.29, 0.717) is 5.13 Å². The molecule has 9 heteroatoms. The van der Waals surface area contributed by atoms with E-state index < -0.39 is 6.09 Å². The van der Waals surface area contributed by atoms with E-state index in [9.17, 15) is 4.79 Å². The Kier molecular flexibility index (Phi) is 5.79. The van der Waals surface area contributed by atoms with Crippen LogP contribution in [-0.4, -0.2) is 39.5 Å². The average Bonchev–Trinajstić information content (AvgIpc) is 3.42. The molecule has 4 aromatic rings. The largest absolute Gasteiger partial charge is 0.453 e. The van der Waals surface area contributed by atoms with Gasteiger partial charge in [0.1, 0.15) is 5.82 Å². The smallest absolute Gasteiger partial charge is 0.413 e. The van der Waals surface area contributed by atoms with Crippen LogP contribution in [0.4, 0.5) is 15.7 Å². The zero-order valence-electron chi connectivity index (χ0n) is 19.5. The fourth-order valence-corrected chi connectivity index (χ4v) is 5.41. The Morgan fingerprint density at radius 3 is 2.79 bits per heavy atom. The Morgan fingerprint density at radius 1 is 1.26 bits per heavy atom. The van der Waals surface area contributed by atoms with Crippen LogP contribution in [0.5, 0.6) is 0 Å². The fraction of sp³-hybridized carbons (Fsp3) is 0.280. The number of methoxy groups -OCH3 is 1. The second-order valence-corrected chi connectivity index (χ2v) is 9.29. The van der Waals surface area contributed by atoms with E-state index in [1.54, 1.807) is 0 Å². The summed E-state index contributed by atoms with van der Waals surface area (Å²) in [5, 5.41) is 11.6. The minimum Gasteiger partial charge on any atom is -0.453 e. The monoisotopic (exact) mass is 474 g/mol. The SMILES string of the molecule is CCNc1ccc(-c2nn(-c3ccccc3C)c3c2C(C)Cc2nc(NC(=O)OC)sc2-3)cn1. The van der Waals surface area contributed by atoms with Gasteiger partial charge in [-0.2, -0.15) is 5.10 Å². The standard InChI is InChI=1S/C25H26N6O2S/c1-5-26-19-11-10-16(13-27-19)21-20-15(3)12-17-23(34-24(28-17)29-25(32)33-4)22(20)31(30-21)18-9-7-6-8-14(18)2/h6-11,13,15H,5,12H2,1-4H3,(H,26,27)(H,28,29,32). The van der Waals surface area contributed by atoms with E-state index in [2.05, 4.69) is 47.7 Å². The molecule has 8 nitrogen and oxygen atoms in total. The number of thiazole rings is 1. The van der Waals surface area contributed by atoms with Gasteiger partial charge in [-0.1, -0.05) is 36.5 Å². The van der Waals surface area contributed by atoms with Crippen molar-refractivity contribution in [2.24, 2.45) is 0 Å². The number of nitrogens with zero attached hydrogens (tertiary/aromatic N) is 4. The molecule has 1 aliphatic rings. The van der Waals surface area contributed by atoms with E-state index in [1.165, 1.54) is 24.0 Å². The lowest BCUT2D eigenvalue weighted by Gasteiger charge is -2.20. The van der Waals surface area contributed by atoms with Gasteiger partial charge in [-0.05, 0) is 49.9 Å². The van der Waals surface area contributed by atoms with Gasteiger partial charge < -0.3 is 10.1 Å². The normalized spacial score (nSPS) is 14.3. The number of fused-ring (bicyclic) bond motifs is 3. The number of rotatable bonds is 5. The third-order valence-electron chi connectivity index (χ3n) is 5.96. The number of benzene rings is 1. The van der Waals surface area contributed by atoms with Crippen molar-refractivity contribution in [3.8, 4) is 27.5 Å². The lowest BCUT2D eigenvalue weighted by atomic mass is 9.86. The Hall–Kier alpha value is -3.72. The van der Waals surface area contributed by atoms with Crippen molar-refractivity contribution >= 4 is 28.4 Å². The van der Waals surface area contributed by atoms with Gasteiger partial charge >= 0.3 is 6.09 Å². The summed E-state index contributed by atoms with van der Waals surface area (Å²) < 4.78 is 6.78. The molecular weight excluding hydrogens is 448 g/mol. The number of hydrogen-bond donors (Lipinski definition) is 2. The molecule has 0 bridgehead atoms. The second-order valence-electron chi connectivity index (χ2n) is 8.29. The van der Waals surface area contributed by atoms with Crippen LogP contribution in [0.1, 0.15) is 36.6 Å². The maximum atomic E-state index is 11.8. The molecule has 0 fully saturated rings. The van der Waals surface area contributed by atoms with Crippen LogP contribution in [0.25, 0.3) is 27.5 Å². The molecule has 3 aromatic heterocycles. The maximum Gasteiger partial charge on any atom is 0.413 e. The number of para-hydroxylation sites is 1. The van der Waals surface area contributed by atoms with Gasteiger partial charge in [-0.25, -0.2) is 19.4 Å². The highest BCUT2D eigenvalue weighted by Gasteiger charge is 2.34. The Balaban J connectivity index is 1.72. The third kappa shape index (κ3) is 3.81. The predicted molar refractivity (Wildman–Crippen MR) is 135 cm³/mol. The summed E-state index contributed by atoms with van der Waals surface area (Å²) in [6, 6.07) is 12.3. The van der Waals surface area contributed by atoms with E-state index in [0.717, 1.165) is 57.6 Å². The maximum absolute atomic E-state index is 11.8. The summed E-state index contributed by atoms with van der Waals surface area (Å²) in [4.78, 5) is 22.1. The number of aryl methyl sites for hydroxylation is 1. The first-order valence-corrected chi connectivity index (χ1v) is 12.1. The summed E-state index contributed by atoms with van der Waals surface area (Å²) >= 11 is 1.45. The summed E-state index contributed by atoms with van der Waals surface area (Å²) in [6.07, 6.45) is 2.11. The molecule has 1 atom stereocenters. The minimum absolute atomic E-state index is 0.191. The number of ether oxygens (including phenoxy) is 1. The molecule has 34 heavy (non-hydrogen) atoms. The number of nitrogens with one attached hydrogen (secondary N) is 2. The molecule has 0 aliphatic heterocycles. The average molecular weight is 475 g/mol. The Bertz CT molecular complexity index is 1360. The van der Waals surface area contributed by atoms with Crippen LogP contribution in [0, 0.1) is 6.92 Å². The fourth-order valence-electron chi connectivity index (χ4n) is 4.38. The van der Waals surface area contributed by atoms with E-state index in [4.69, 9.17) is 14.8 Å². The number of anilines is 2. The van der Waals surface area contributed by atoms with Crippen molar-refractivity contribution in [3.05, 3.63) is 59.4 Å². The van der Waals surface area contributed by atoms with Crippen LogP contribution in [0.3, 0.4) is 0 Å². The third-order valence-corrected chi connectivity index (χ3v) is 6.98. The van der Waals surface area contributed by atoms with Crippen LogP contribution in [-0.2, 0) is 11.2 Å². The van der Waals surface area contributed by atoms with Crippen molar-refractivity contribution < 1.29 is 9.53 Å². The Labute approximate surface area is 202 Å². The van der Waals surface area contributed by atoms with Gasteiger partial charge in [-0.15, -0.1) is 0 Å². The molecule has 2 N–H and O–H groups in total. The van der Waals surface area contributed by atoms with E-state index in [1.807, 2.05) is 36.0 Å². The molecule has 3 heterocycles. The molecule has 1 aromatic carbocycles. The lowest BCUT2D eigenvalue weighted by Crippen LogP contribution is -2.11. The first-order valence-electron chi connectivity index (χ1n) is 11.2.